The average molecular weight is 370 g/mol. The van der Waals surface area contributed by atoms with E-state index in [-0.39, 0.29) is 5.56 Å². The van der Waals surface area contributed by atoms with Crippen LogP contribution in [0, 0.1) is 0 Å². The second-order valence-corrected chi connectivity index (χ2v) is 8.86. The van der Waals surface area contributed by atoms with Crippen LogP contribution in [-0.2, 0) is 19.4 Å². The molecule has 2 aromatic heterocycles. The monoisotopic (exact) mass is 369 g/mol. The minimum absolute atomic E-state index is 0.0408. The molecule has 128 valence electrons. The Bertz CT molecular complexity index is 1010. The molecule has 4 nitrogen and oxygen atoms in total. The Morgan fingerprint density at radius 3 is 3.04 bits per heavy atom. The molecule has 1 aromatic carbocycles. The quantitative estimate of drug-likeness (QED) is 0.742. The number of thioether (sulfide) groups is 1. The Morgan fingerprint density at radius 2 is 2.08 bits per heavy atom. The van der Waals surface area contributed by atoms with Crippen LogP contribution < -0.4 is 10.5 Å². The number of nitrogens with one attached hydrogen (secondary N) is 1. The number of anilines is 1. The van der Waals surface area contributed by atoms with Crippen LogP contribution in [0.1, 0.15) is 29.1 Å². The molecule has 1 aliphatic carbocycles. The predicted octanol–water partition coefficient (Wildman–Crippen LogP) is 3.98. The number of fused-ring (bicyclic) bond motifs is 4. The van der Waals surface area contributed by atoms with Crippen LogP contribution in [0.3, 0.4) is 0 Å². The maximum absolute atomic E-state index is 12.7. The maximum Gasteiger partial charge on any atom is 0.259 e. The van der Waals surface area contributed by atoms with Crippen molar-refractivity contribution < 1.29 is 0 Å². The summed E-state index contributed by atoms with van der Waals surface area (Å²) < 4.78 is 0. The van der Waals surface area contributed by atoms with Crippen LogP contribution >= 0.6 is 23.1 Å². The molecule has 1 aliphatic heterocycles. The van der Waals surface area contributed by atoms with E-state index in [9.17, 15) is 4.79 Å². The van der Waals surface area contributed by atoms with Gasteiger partial charge in [-0.15, -0.1) is 23.1 Å². The van der Waals surface area contributed by atoms with Gasteiger partial charge in [-0.25, -0.2) is 4.98 Å². The van der Waals surface area contributed by atoms with Gasteiger partial charge in [-0.1, -0.05) is 12.1 Å². The highest BCUT2D eigenvalue weighted by Gasteiger charge is 2.21. The lowest BCUT2D eigenvalue weighted by Gasteiger charge is -2.30. The summed E-state index contributed by atoms with van der Waals surface area (Å²) in [6.45, 7) is 1.63. The van der Waals surface area contributed by atoms with Gasteiger partial charge in [0.25, 0.3) is 5.56 Å². The molecular formula is C19H19N3OS2. The van der Waals surface area contributed by atoms with Crippen LogP contribution in [0.5, 0.6) is 0 Å². The number of thiophene rings is 1. The van der Waals surface area contributed by atoms with E-state index in [0.717, 1.165) is 41.2 Å². The molecule has 0 bridgehead atoms. The molecule has 0 unspecified atom stereocenters. The van der Waals surface area contributed by atoms with Crippen molar-refractivity contribution in [2.24, 2.45) is 0 Å². The van der Waals surface area contributed by atoms with Crippen molar-refractivity contribution in [1.29, 1.82) is 0 Å². The van der Waals surface area contributed by atoms with E-state index >= 15 is 0 Å². The topological polar surface area (TPSA) is 49.0 Å². The summed E-state index contributed by atoms with van der Waals surface area (Å²) >= 11 is 3.62. The van der Waals surface area contributed by atoms with Gasteiger partial charge < -0.3 is 9.88 Å². The third kappa shape index (κ3) is 2.68. The summed E-state index contributed by atoms with van der Waals surface area (Å²) in [7, 11) is 0. The van der Waals surface area contributed by atoms with Crippen LogP contribution in [0.2, 0.25) is 0 Å². The maximum atomic E-state index is 12.7. The molecule has 6 heteroatoms. The predicted molar refractivity (Wildman–Crippen MR) is 105 cm³/mol. The number of hydrogen-bond donors (Lipinski definition) is 1. The second-order valence-electron chi connectivity index (χ2n) is 6.64. The zero-order valence-corrected chi connectivity index (χ0v) is 15.5. The standard InChI is InChI=1S/C19H19N3OS2/c23-18-17-12-5-1-3-7-14(12)25-19(17)21-16(20-18)11-22-9-10-24-15-8-4-2-6-13(15)22/h2,4,6,8H,1,3,5,7,9-11H2,(H,20,21,23). The van der Waals surface area contributed by atoms with Crippen molar-refractivity contribution in [1.82, 2.24) is 9.97 Å². The molecule has 0 amide bonds. The minimum Gasteiger partial charge on any atom is -0.362 e. The van der Waals surface area contributed by atoms with E-state index in [0.29, 0.717) is 6.54 Å². The first-order valence-electron chi connectivity index (χ1n) is 8.80. The van der Waals surface area contributed by atoms with Gasteiger partial charge in [0.1, 0.15) is 10.7 Å². The molecule has 1 N–H and O–H groups in total. The number of benzene rings is 1. The molecule has 2 aliphatic rings. The highest BCUT2D eigenvalue weighted by molar-refractivity contribution is 7.99. The largest absolute Gasteiger partial charge is 0.362 e. The number of rotatable bonds is 2. The molecule has 0 saturated heterocycles. The molecule has 5 rings (SSSR count). The molecule has 0 spiro atoms. The highest BCUT2D eigenvalue weighted by atomic mass is 32.2. The fourth-order valence-electron chi connectivity index (χ4n) is 3.86. The van der Waals surface area contributed by atoms with E-state index in [1.165, 1.54) is 33.9 Å². The summed E-state index contributed by atoms with van der Waals surface area (Å²) in [5, 5.41) is 0.845. The lowest BCUT2D eigenvalue weighted by Crippen LogP contribution is -2.30. The van der Waals surface area contributed by atoms with Gasteiger partial charge in [0, 0.05) is 22.1 Å². The first-order valence-corrected chi connectivity index (χ1v) is 10.6. The van der Waals surface area contributed by atoms with Gasteiger partial charge in [-0.05, 0) is 43.4 Å². The smallest absolute Gasteiger partial charge is 0.259 e. The summed E-state index contributed by atoms with van der Waals surface area (Å²) in [6.07, 6.45) is 4.53. The normalized spacial score (nSPS) is 16.7. The van der Waals surface area contributed by atoms with E-state index < -0.39 is 0 Å². The van der Waals surface area contributed by atoms with Gasteiger partial charge >= 0.3 is 0 Å². The summed E-state index contributed by atoms with van der Waals surface area (Å²) in [5.41, 5.74) is 2.54. The Kier molecular flexibility index (Phi) is 3.82. The fraction of sp³-hybridized carbons (Fsp3) is 0.368. The molecule has 25 heavy (non-hydrogen) atoms. The molecular weight excluding hydrogens is 350 g/mol. The summed E-state index contributed by atoms with van der Waals surface area (Å²) in [6, 6.07) is 8.48. The number of H-pyrrole nitrogens is 1. The molecule has 0 saturated carbocycles. The van der Waals surface area contributed by atoms with Crippen LogP contribution in [0.15, 0.2) is 34.0 Å². The van der Waals surface area contributed by atoms with E-state index in [4.69, 9.17) is 4.98 Å². The lowest BCUT2D eigenvalue weighted by molar-refractivity contribution is 0.699. The van der Waals surface area contributed by atoms with Crippen LogP contribution in [0.4, 0.5) is 5.69 Å². The Balaban J connectivity index is 1.53. The van der Waals surface area contributed by atoms with E-state index in [2.05, 4.69) is 34.1 Å². The Morgan fingerprint density at radius 1 is 1.20 bits per heavy atom. The third-order valence-corrected chi connectivity index (χ3v) is 7.27. The highest BCUT2D eigenvalue weighted by Crippen LogP contribution is 2.36. The Labute approximate surface area is 154 Å². The van der Waals surface area contributed by atoms with E-state index in [1.54, 1.807) is 11.3 Å². The van der Waals surface area contributed by atoms with Crippen LogP contribution in [0.25, 0.3) is 10.2 Å². The first kappa shape index (κ1) is 15.5. The number of hydrogen-bond acceptors (Lipinski definition) is 5. The first-order chi connectivity index (χ1) is 12.3. The van der Waals surface area contributed by atoms with Gasteiger partial charge in [-0.2, -0.15) is 0 Å². The van der Waals surface area contributed by atoms with Crippen molar-refractivity contribution in [3.63, 3.8) is 0 Å². The molecule has 0 fully saturated rings. The van der Waals surface area contributed by atoms with Gasteiger partial charge in [0.05, 0.1) is 17.6 Å². The molecule has 0 atom stereocenters. The molecule has 0 radical (unpaired) electrons. The van der Waals surface area contributed by atoms with Gasteiger partial charge in [-0.3, -0.25) is 4.79 Å². The fourth-order valence-corrected chi connectivity index (χ4v) is 6.19. The summed E-state index contributed by atoms with van der Waals surface area (Å²) in [4.78, 5) is 26.5. The third-order valence-electron chi connectivity index (χ3n) is 5.04. The van der Waals surface area contributed by atoms with Crippen molar-refractivity contribution in [3.8, 4) is 0 Å². The Hall–Kier alpha value is -1.79. The van der Waals surface area contributed by atoms with Gasteiger partial charge in [0.2, 0.25) is 0 Å². The SMILES string of the molecule is O=c1[nH]c(CN2CCSc3ccccc32)nc2sc3c(c12)CCCC3. The second kappa shape index (κ2) is 6.18. The average Bonchev–Trinajstić information content (AvgIpc) is 3.01. The number of aromatic nitrogens is 2. The number of aromatic amines is 1. The number of aryl methyl sites for hydroxylation is 2. The molecule has 3 aromatic rings. The number of nitrogens with zero attached hydrogens (tertiary/aromatic N) is 2. The summed E-state index contributed by atoms with van der Waals surface area (Å²) in [5.74, 6) is 1.84. The van der Waals surface area contributed by atoms with Gasteiger partial charge in [0.15, 0.2) is 0 Å². The van der Waals surface area contributed by atoms with Crippen molar-refractivity contribution in [2.45, 2.75) is 37.1 Å². The van der Waals surface area contributed by atoms with Crippen molar-refractivity contribution in [3.05, 3.63) is 50.9 Å². The zero-order valence-electron chi connectivity index (χ0n) is 13.9. The van der Waals surface area contributed by atoms with Crippen molar-refractivity contribution >= 4 is 39.0 Å². The van der Waals surface area contributed by atoms with Crippen LogP contribution in [-0.4, -0.2) is 22.3 Å². The zero-order chi connectivity index (χ0) is 16.8. The lowest BCUT2D eigenvalue weighted by atomic mass is 9.97. The van der Waals surface area contributed by atoms with Crippen molar-refractivity contribution in [2.75, 3.05) is 17.2 Å². The number of para-hydroxylation sites is 1. The minimum atomic E-state index is 0.0408. The van der Waals surface area contributed by atoms with E-state index in [1.807, 2.05) is 11.8 Å². The molecule has 3 heterocycles.